The molecule has 1 aliphatic heterocycles. The van der Waals surface area contributed by atoms with Gasteiger partial charge in [0.25, 0.3) is 11.8 Å². The maximum absolute atomic E-state index is 13.1. The summed E-state index contributed by atoms with van der Waals surface area (Å²) < 4.78 is 10.6. The number of methoxy groups -OCH3 is 2. The Hall–Kier alpha value is -3.35. The van der Waals surface area contributed by atoms with Crippen LogP contribution in [-0.2, 0) is 11.3 Å². The van der Waals surface area contributed by atoms with E-state index in [2.05, 4.69) is 5.32 Å². The lowest BCUT2D eigenvalue weighted by molar-refractivity contribution is -0.125. The second-order valence-corrected chi connectivity index (χ2v) is 7.57. The second-order valence-electron chi connectivity index (χ2n) is 7.57. The molecule has 0 saturated carbocycles. The molecule has 0 fully saturated rings. The molecule has 3 amide bonds. The molecule has 3 rings (SSSR count). The van der Waals surface area contributed by atoms with Gasteiger partial charge in [0.1, 0.15) is 17.5 Å². The van der Waals surface area contributed by atoms with Crippen molar-refractivity contribution >= 4 is 17.7 Å². The largest absolute Gasteiger partial charge is 0.497 e. The fraction of sp³-hybridized carbons (Fsp3) is 0.348. The third kappa shape index (κ3) is 4.15. The van der Waals surface area contributed by atoms with Crippen LogP contribution in [0.25, 0.3) is 0 Å². The lowest BCUT2D eigenvalue weighted by Crippen LogP contribution is -2.50. The molecule has 2 aromatic rings. The third-order valence-electron chi connectivity index (χ3n) is 5.08. The van der Waals surface area contributed by atoms with Crippen molar-refractivity contribution in [3.63, 3.8) is 0 Å². The van der Waals surface area contributed by atoms with E-state index in [4.69, 9.17) is 9.47 Å². The Bertz CT molecular complexity index is 935. The standard InChI is InChI=1S/C23H26N2O5/c1-14(2)11-19(25-22(27)17-7-5-6-8-18(17)23(25)28)21(26)24-13-15-12-16(29-3)9-10-20(15)30-4/h5-10,12,14,19H,11,13H2,1-4H3,(H,24,26). The van der Waals surface area contributed by atoms with Gasteiger partial charge in [0, 0.05) is 12.1 Å². The zero-order valence-corrected chi connectivity index (χ0v) is 17.6. The Balaban J connectivity index is 1.83. The predicted octanol–water partition coefficient (Wildman–Crippen LogP) is 3.03. The van der Waals surface area contributed by atoms with Gasteiger partial charge < -0.3 is 14.8 Å². The minimum atomic E-state index is -0.894. The van der Waals surface area contributed by atoms with Crippen LogP contribution in [0.1, 0.15) is 46.5 Å². The monoisotopic (exact) mass is 410 g/mol. The van der Waals surface area contributed by atoms with Gasteiger partial charge in [-0.3, -0.25) is 19.3 Å². The number of nitrogens with one attached hydrogen (secondary N) is 1. The highest BCUT2D eigenvalue weighted by Gasteiger charge is 2.42. The van der Waals surface area contributed by atoms with Crippen molar-refractivity contribution in [3.05, 3.63) is 59.2 Å². The molecule has 0 saturated heterocycles. The molecule has 1 unspecified atom stereocenters. The summed E-state index contributed by atoms with van der Waals surface area (Å²) in [5.41, 5.74) is 1.40. The molecule has 2 aromatic carbocycles. The molecule has 0 spiro atoms. The van der Waals surface area contributed by atoms with Crippen LogP contribution in [0.5, 0.6) is 11.5 Å². The van der Waals surface area contributed by atoms with E-state index in [9.17, 15) is 14.4 Å². The van der Waals surface area contributed by atoms with Gasteiger partial charge in [0.2, 0.25) is 5.91 Å². The highest BCUT2D eigenvalue weighted by Crippen LogP contribution is 2.28. The Kier molecular flexibility index (Phi) is 6.40. The first-order valence-electron chi connectivity index (χ1n) is 9.82. The van der Waals surface area contributed by atoms with Gasteiger partial charge in [-0.05, 0) is 42.7 Å². The summed E-state index contributed by atoms with van der Waals surface area (Å²) in [6, 6.07) is 11.1. The maximum atomic E-state index is 13.1. The van der Waals surface area contributed by atoms with Gasteiger partial charge in [0.15, 0.2) is 0 Å². The second kappa shape index (κ2) is 8.98. The summed E-state index contributed by atoms with van der Waals surface area (Å²) in [5.74, 6) is 0.0987. The van der Waals surface area contributed by atoms with Crippen molar-refractivity contribution in [1.29, 1.82) is 0 Å². The SMILES string of the molecule is COc1ccc(OC)c(CNC(=O)C(CC(C)C)N2C(=O)c3ccccc3C2=O)c1. The molecule has 30 heavy (non-hydrogen) atoms. The van der Waals surface area contributed by atoms with Crippen molar-refractivity contribution in [2.45, 2.75) is 32.9 Å². The van der Waals surface area contributed by atoms with Crippen molar-refractivity contribution in [2.24, 2.45) is 5.92 Å². The Morgan fingerprint density at radius 1 is 1.00 bits per heavy atom. The van der Waals surface area contributed by atoms with E-state index in [0.717, 1.165) is 10.5 Å². The predicted molar refractivity (Wildman–Crippen MR) is 112 cm³/mol. The van der Waals surface area contributed by atoms with Crippen molar-refractivity contribution in [2.75, 3.05) is 14.2 Å². The first-order valence-corrected chi connectivity index (χ1v) is 9.82. The number of amides is 3. The Labute approximate surface area is 176 Å². The summed E-state index contributed by atoms with van der Waals surface area (Å²) in [4.78, 5) is 40.0. The van der Waals surface area contributed by atoms with Gasteiger partial charge in [-0.25, -0.2) is 0 Å². The number of benzene rings is 2. The van der Waals surface area contributed by atoms with E-state index >= 15 is 0 Å². The smallest absolute Gasteiger partial charge is 0.262 e. The quantitative estimate of drug-likeness (QED) is 0.676. The molecule has 158 valence electrons. The Morgan fingerprint density at radius 3 is 2.17 bits per heavy atom. The molecule has 0 bridgehead atoms. The molecular formula is C23H26N2O5. The summed E-state index contributed by atoms with van der Waals surface area (Å²) in [6.07, 6.45) is 0.368. The molecule has 7 nitrogen and oxygen atoms in total. The first-order chi connectivity index (χ1) is 14.4. The normalized spacial score (nSPS) is 14.0. The Morgan fingerprint density at radius 2 is 1.63 bits per heavy atom. The molecule has 1 aliphatic rings. The van der Waals surface area contributed by atoms with Gasteiger partial charge in [-0.1, -0.05) is 26.0 Å². The summed E-state index contributed by atoms with van der Waals surface area (Å²) in [5, 5.41) is 2.85. The van der Waals surface area contributed by atoms with E-state index in [-0.39, 0.29) is 18.4 Å². The van der Waals surface area contributed by atoms with Crippen LogP contribution in [0.4, 0.5) is 0 Å². The number of hydrogen-bond donors (Lipinski definition) is 1. The average Bonchev–Trinajstić information content (AvgIpc) is 3.00. The van der Waals surface area contributed by atoms with Crippen molar-refractivity contribution in [1.82, 2.24) is 10.2 Å². The highest BCUT2D eigenvalue weighted by atomic mass is 16.5. The number of nitrogens with zero attached hydrogens (tertiary/aromatic N) is 1. The molecule has 7 heteroatoms. The zero-order valence-electron chi connectivity index (χ0n) is 17.6. The van der Waals surface area contributed by atoms with Crippen LogP contribution in [0.15, 0.2) is 42.5 Å². The van der Waals surface area contributed by atoms with Gasteiger partial charge in [0.05, 0.1) is 25.3 Å². The fourth-order valence-electron chi connectivity index (χ4n) is 3.59. The molecule has 0 radical (unpaired) electrons. The lowest BCUT2D eigenvalue weighted by atomic mass is 10.0. The number of fused-ring (bicyclic) bond motifs is 1. The molecule has 1 atom stereocenters. The molecular weight excluding hydrogens is 384 g/mol. The van der Waals surface area contributed by atoms with Gasteiger partial charge in [-0.2, -0.15) is 0 Å². The summed E-state index contributed by atoms with van der Waals surface area (Å²) >= 11 is 0. The fourth-order valence-corrected chi connectivity index (χ4v) is 3.59. The highest BCUT2D eigenvalue weighted by molar-refractivity contribution is 6.22. The van der Waals surface area contributed by atoms with Gasteiger partial charge >= 0.3 is 0 Å². The zero-order chi connectivity index (χ0) is 21.8. The number of imide groups is 1. The topological polar surface area (TPSA) is 84.9 Å². The number of rotatable bonds is 8. The molecule has 1 heterocycles. The maximum Gasteiger partial charge on any atom is 0.262 e. The lowest BCUT2D eigenvalue weighted by Gasteiger charge is -2.27. The van der Waals surface area contributed by atoms with E-state index in [1.165, 1.54) is 0 Å². The van der Waals surface area contributed by atoms with Crippen LogP contribution in [-0.4, -0.2) is 42.9 Å². The molecule has 0 aromatic heterocycles. The molecule has 1 N–H and O–H groups in total. The summed E-state index contributed by atoms with van der Waals surface area (Å²) in [6.45, 7) is 4.07. The van der Waals surface area contributed by atoms with Crippen LogP contribution in [0.2, 0.25) is 0 Å². The first kappa shape index (κ1) is 21.4. The summed E-state index contributed by atoms with van der Waals surface area (Å²) in [7, 11) is 3.11. The van der Waals surface area contributed by atoms with Crippen LogP contribution in [0.3, 0.4) is 0 Å². The molecule has 0 aliphatic carbocycles. The number of carbonyl (C=O) groups is 3. The van der Waals surface area contributed by atoms with E-state index in [1.807, 2.05) is 13.8 Å². The number of ether oxygens (including phenoxy) is 2. The van der Waals surface area contributed by atoms with E-state index < -0.39 is 17.9 Å². The van der Waals surface area contributed by atoms with Crippen molar-refractivity contribution < 1.29 is 23.9 Å². The van der Waals surface area contributed by atoms with Crippen LogP contribution < -0.4 is 14.8 Å². The number of hydrogen-bond acceptors (Lipinski definition) is 5. The van der Waals surface area contributed by atoms with Crippen molar-refractivity contribution in [3.8, 4) is 11.5 Å². The number of carbonyl (C=O) groups excluding carboxylic acids is 3. The van der Waals surface area contributed by atoms with Crippen LogP contribution in [0, 0.1) is 5.92 Å². The average molecular weight is 410 g/mol. The third-order valence-corrected chi connectivity index (χ3v) is 5.08. The van der Waals surface area contributed by atoms with E-state index in [0.29, 0.717) is 29.0 Å². The van der Waals surface area contributed by atoms with Crippen LogP contribution >= 0.6 is 0 Å². The van der Waals surface area contributed by atoms with Gasteiger partial charge in [-0.15, -0.1) is 0 Å². The van der Waals surface area contributed by atoms with E-state index in [1.54, 1.807) is 56.7 Å². The minimum absolute atomic E-state index is 0.108. The minimum Gasteiger partial charge on any atom is -0.497 e.